The Labute approximate surface area is 131 Å². The summed E-state index contributed by atoms with van der Waals surface area (Å²) >= 11 is 0. The predicted octanol–water partition coefficient (Wildman–Crippen LogP) is 2.41. The summed E-state index contributed by atoms with van der Waals surface area (Å²) < 4.78 is 5.76. The molecule has 0 aromatic carbocycles. The highest BCUT2D eigenvalue weighted by Gasteiger charge is 2.29. The van der Waals surface area contributed by atoms with Crippen LogP contribution in [0.3, 0.4) is 0 Å². The fourth-order valence-corrected chi connectivity index (χ4v) is 3.38. The van der Waals surface area contributed by atoms with Crippen LogP contribution in [0.5, 0.6) is 0 Å². The molecule has 0 aromatic rings. The van der Waals surface area contributed by atoms with Crippen molar-refractivity contribution in [2.45, 2.75) is 84.0 Å². The van der Waals surface area contributed by atoms with E-state index in [4.69, 9.17) is 4.74 Å². The summed E-state index contributed by atoms with van der Waals surface area (Å²) in [5.41, 5.74) is -0.117. The number of aliphatic hydroxyl groups excluding tert-OH is 1. The Morgan fingerprint density at radius 1 is 1.38 bits per heavy atom. The molecule has 1 heterocycles. The minimum Gasteiger partial charge on any atom is -0.394 e. The number of hydrogen-bond donors (Lipinski definition) is 2. The molecule has 21 heavy (non-hydrogen) atoms. The van der Waals surface area contributed by atoms with Crippen molar-refractivity contribution in [2.24, 2.45) is 0 Å². The van der Waals surface area contributed by atoms with Crippen LogP contribution in [-0.4, -0.2) is 60.0 Å². The van der Waals surface area contributed by atoms with Crippen molar-refractivity contribution >= 4 is 0 Å². The third-order valence-corrected chi connectivity index (χ3v) is 4.73. The molecule has 0 radical (unpaired) electrons. The van der Waals surface area contributed by atoms with Crippen molar-refractivity contribution in [3.05, 3.63) is 0 Å². The van der Waals surface area contributed by atoms with Crippen LogP contribution in [-0.2, 0) is 4.74 Å². The van der Waals surface area contributed by atoms with Gasteiger partial charge in [-0.2, -0.15) is 0 Å². The molecule has 4 nitrogen and oxygen atoms in total. The smallest absolute Gasteiger partial charge is 0.0674 e. The fraction of sp³-hybridized carbons (Fsp3) is 1.00. The van der Waals surface area contributed by atoms with Gasteiger partial charge in [0.25, 0.3) is 0 Å². The van der Waals surface area contributed by atoms with E-state index in [2.05, 4.69) is 44.8 Å². The first-order valence-electron chi connectivity index (χ1n) is 8.70. The van der Waals surface area contributed by atoms with Gasteiger partial charge in [0, 0.05) is 24.2 Å². The van der Waals surface area contributed by atoms with E-state index in [-0.39, 0.29) is 12.1 Å². The van der Waals surface area contributed by atoms with E-state index in [0.29, 0.717) is 18.2 Å². The van der Waals surface area contributed by atoms with E-state index < -0.39 is 0 Å². The zero-order chi connectivity index (χ0) is 15.9. The van der Waals surface area contributed by atoms with Gasteiger partial charge in [-0.05, 0) is 39.2 Å². The lowest BCUT2D eigenvalue weighted by molar-refractivity contribution is -0.0568. The Morgan fingerprint density at radius 3 is 2.62 bits per heavy atom. The first-order chi connectivity index (χ1) is 9.96. The predicted molar refractivity (Wildman–Crippen MR) is 88.7 cm³/mol. The van der Waals surface area contributed by atoms with Crippen molar-refractivity contribution in [3.8, 4) is 0 Å². The average Bonchev–Trinajstić information content (AvgIpc) is 2.46. The van der Waals surface area contributed by atoms with E-state index >= 15 is 0 Å². The number of hydrogen-bond acceptors (Lipinski definition) is 4. The SMILES string of the molecule is CCC1COC(C)CN1CCCC(CC)(CO)NC(C)C. The summed E-state index contributed by atoms with van der Waals surface area (Å²) in [5.74, 6) is 0. The first-order valence-corrected chi connectivity index (χ1v) is 8.70. The fourth-order valence-electron chi connectivity index (χ4n) is 3.38. The molecule has 2 N–H and O–H groups in total. The highest BCUT2D eigenvalue weighted by molar-refractivity contribution is 4.88. The number of nitrogens with one attached hydrogen (secondary N) is 1. The van der Waals surface area contributed by atoms with Crippen LogP contribution in [0.25, 0.3) is 0 Å². The number of ether oxygens (including phenoxy) is 1. The quantitative estimate of drug-likeness (QED) is 0.686. The molecule has 1 rings (SSSR count). The lowest BCUT2D eigenvalue weighted by Gasteiger charge is -2.40. The standard InChI is InChI=1S/C17H36N2O2/c1-6-16-12-21-15(5)11-19(16)10-8-9-17(7-2,13-20)18-14(3)4/h14-16,18,20H,6-13H2,1-5H3. The van der Waals surface area contributed by atoms with Crippen LogP contribution in [0.2, 0.25) is 0 Å². The number of morpholine rings is 1. The molecule has 0 spiro atoms. The zero-order valence-electron chi connectivity index (χ0n) is 14.7. The Balaban J connectivity index is 2.48. The molecular formula is C17H36N2O2. The Kier molecular flexibility index (Phi) is 8.17. The van der Waals surface area contributed by atoms with Gasteiger partial charge in [0.1, 0.15) is 0 Å². The molecule has 1 aliphatic rings. The highest BCUT2D eigenvalue weighted by Crippen LogP contribution is 2.20. The Morgan fingerprint density at radius 2 is 2.10 bits per heavy atom. The first kappa shape index (κ1) is 18.9. The average molecular weight is 300 g/mol. The van der Waals surface area contributed by atoms with E-state index in [0.717, 1.165) is 45.4 Å². The molecule has 1 aliphatic heterocycles. The lowest BCUT2D eigenvalue weighted by Crippen LogP contribution is -2.52. The summed E-state index contributed by atoms with van der Waals surface area (Å²) in [5, 5.41) is 13.4. The van der Waals surface area contributed by atoms with Gasteiger partial charge in [0.2, 0.25) is 0 Å². The van der Waals surface area contributed by atoms with Gasteiger partial charge in [0.15, 0.2) is 0 Å². The minimum atomic E-state index is -0.117. The second kappa shape index (κ2) is 9.09. The van der Waals surface area contributed by atoms with E-state index in [1.165, 1.54) is 0 Å². The van der Waals surface area contributed by atoms with Crippen molar-refractivity contribution in [1.29, 1.82) is 0 Å². The summed E-state index contributed by atoms with van der Waals surface area (Å²) in [4.78, 5) is 2.57. The van der Waals surface area contributed by atoms with Gasteiger partial charge >= 0.3 is 0 Å². The maximum absolute atomic E-state index is 9.81. The lowest BCUT2D eigenvalue weighted by atomic mass is 9.90. The Hall–Kier alpha value is -0.160. The zero-order valence-corrected chi connectivity index (χ0v) is 14.7. The van der Waals surface area contributed by atoms with Gasteiger partial charge in [-0.1, -0.05) is 27.7 Å². The largest absolute Gasteiger partial charge is 0.394 e. The topological polar surface area (TPSA) is 44.7 Å². The van der Waals surface area contributed by atoms with Crippen LogP contribution in [0.15, 0.2) is 0 Å². The van der Waals surface area contributed by atoms with Crippen LogP contribution in [0.1, 0.15) is 60.3 Å². The second-order valence-electron chi connectivity index (χ2n) is 6.90. The third kappa shape index (κ3) is 5.85. The van der Waals surface area contributed by atoms with Crippen molar-refractivity contribution in [3.63, 3.8) is 0 Å². The molecule has 3 atom stereocenters. The van der Waals surface area contributed by atoms with Crippen LogP contribution >= 0.6 is 0 Å². The highest BCUT2D eigenvalue weighted by atomic mass is 16.5. The van der Waals surface area contributed by atoms with Crippen molar-refractivity contribution in [1.82, 2.24) is 10.2 Å². The minimum absolute atomic E-state index is 0.117. The monoisotopic (exact) mass is 300 g/mol. The molecule has 1 saturated heterocycles. The molecule has 4 heteroatoms. The normalized spacial score (nSPS) is 27.0. The molecule has 0 bridgehead atoms. The Bertz CT molecular complexity index is 280. The second-order valence-corrected chi connectivity index (χ2v) is 6.90. The van der Waals surface area contributed by atoms with Crippen LogP contribution in [0, 0.1) is 0 Å². The number of rotatable bonds is 9. The van der Waals surface area contributed by atoms with Gasteiger partial charge in [-0.15, -0.1) is 0 Å². The molecule has 0 saturated carbocycles. The molecule has 126 valence electrons. The van der Waals surface area contributed by atoms with E-state index in [9.17, 15) is 5.11 Å². The molecule has 1 fully saturated rings. The van der Waals surface area contributed by atoms with Gasteiger partial charge in [-0.25, -0.2) is 0 Å². The van der Waals surface area contributed by atoms with Crippen LogP contribution in [0.4, 0.5) is 0 Å². The molecule has 0 aromatic heterocycles. The number of aliphatic hydroxyl groups is 1. The molecule has 0 amide bonds. The maximum atomic E-state index is 9.81. The molecule has 3 unspecified atom stereocenters. The van der Waals surface area contributed by atoms with Crippen molar-refractivity contribution in [2.75, 3.05) is 26.3 Å². The number of nitrogens with zero attached hydrogens (tertiary/aromatic N) is 1. The van der Waals surface area contributed by atoms with Gasteiger partial charge in [-0.3, -0.25) is 4.90 Å². The van der Waals surface area contributed by atoms with E-state index in [1.807, 2.05) is 0 Å². The van der Waals surface area contributed by atoms with Crippen molar-refractivity contribution < 1.29 is 9.84 Å². The van der Waals surface area contributed by atoms with E-state index in [1.54, 1.807) is 0 Å². The van der Waals surface area contributed by atoms with Gasteiger partial charge < -0.3 is 15.2 Å². The van der Waals surface area contributed by atoms with Gasteiger partial charge in [0.05, 0.1) is 19.3 Å². The summed E-state index contributed by atoms with van der Waals surface area (Å²) in [6.45, 7) is 14.1. The third-order valence-electron chi connectivity index (χ3n) is 4.73. The van der Waals surface area contributed by atoms with Crippen LogP contribution < -0.4 is 5.32 Å². The summed E-state index contributed by atoms with van der Waals surface area (Å²) in [6, 6.07) is 0.966. The molecular weight excluding hydrogens is 264 g/mol. The molecule has 0 aliphatic carbocycles. The maximum Gasteiger partial charge on any atom is 0.0674 e. The summed E-state index contributed by atoms with van der Waals surface area (Å²) in [6.07, 6.45) is 4.61. The summed E-state index contributed by atoms with van der Waals surface area (Å²) in [7, 11) is 0.